The molecule has 160 valence electrons. The summed E-state index contributed by atoms with van der Waals surface area (Å²) in [5.41, 5.74) is 1.60. The first-order chi connectivity index (χ1) is 14.5. The number of hydrogen-bond acceptors (Lipinski definition) is 5. The lowest BCUT2D eigenvalue weighted by atomic mass is 9.73. The topological polar surface area (TPSA) is 73.9 Å². The van der Waals surface area contributed by atoms with E-state index in [4.69, 9.17) is 9.47 Å². The predicted molar refractivity (Wildman–Crippen MR) is 110 cm³/mol. The van der Waals surface area contributed by atoms with Crippen LogP contribution in [-0.2, 0) is 25.5 Å². The lowest BCUT2D eigenvalue weighted by molar-refractivity contribution is -0.144. The minimum Gasteiger partial charge on any atom is -0.496 e. The molecule has 0 unspecified atom stereocenters. The van der Waals surface area contributed by atoms with Gasteiger partial charge >= 0.3 is 5.97 Å². The highest BCUT2D eigenvalue weighted by Crippen LogP contribution is 2.39. The summed E-state index contributed by atoms with van der Waals surface area (Å²) in [7, 11) is 2.82. The van der Waals surface area contributed by atoms with Gasteiger partial charge in [0.25, 0.3) is 0 Å². The Balaban J connectivity index is 1.96. The fraction of sp³-hybridized carbons (Fsp3) is 0.391. The number of carbonyl (C=O) groups excluding carboxylic acids is 2. The maximum absolute atomic E-state index is 14.0. The Bertz CT molecular complexity index is 908. The SMILES string of the molecule is COC(=O)CNC(=O)C1(Cc2ccccc2-c2cc(F)ccc2OC)CCOCC1. The lowest BCUT2D eigenvalue weighted by Gasteiger charge is -2.36. The van der Waals surface area contributed by atoms with E-state index in [2.05, 4.69) is 10.1 Å². The van der Waals surface area contributed by atoms with E-state index in [0.29, 0.717) is 43.8 Å². The minimum absolute atomic E-state index is 0.183. The molecule has 30 heavy (non-hydrogen) atoms. The number of ether oxygens (including phenoxy) is 3. The van der Waals surface area contributed by atoms with Crippen molar-refractivity contribution >= 4 is 11.9 Å². The number of nitrogens with one attached hydrogen (secondary N) is 1. The fourth-order valence-electron chi connectivity index (χ4n) is 3.85. The maximum atomic E-state index is 14.0. The van der Waals surface area contributed by atoms with Crippen molar-refractivity contribution in [3.05, 3.63) is 53.8 Å². The smallest absolute Gasteiger partial charge is 0.325 e. The third-order valence-electron chi connectivity index (χ3n) is 5.55. The van der Waals surface area contributed by atoms with E-state index < -0.39 is 11.4 Å². The van der Waals surface area contributed by atoms with Gasteiger partial charge in [0.2, 0.25) is 5.91 Å². The van der Waals surface area contributed by atoms with Crippen molar-refractivity contribution < 1.29 is 28.2 Å². The predicted octanol–water partition coefficient (Wildman–Crippen LogP) is 3.13. The van der Waals surface area contributed by atoms with Crippen LogP contribution in [0.15, 0.2) is 42.5 Å². The third-order valence-corrected chi connectivity index (χ3v) is 5.55. The van der Waals surface area contributed by atoms with Crippen molar-refractivity contribution in [3.8, 4) is 16.9 Å². The molecule has 3 rings (SSSR count). The molecule has 1 N–H and O–H groups in total. The second-order valence-electron chi connectivity index (χ2n) is 7.33. The summed E-state index contributed by atoms with van der Waals surface area (Å²) in [5.74, 6) is -0.523. The molecule has 1 heterocycles. The van der Waals surface area contributed by atoms with Gasteiger partial charge in [0.1, 0.15) is 18.1 Å². The number of methoxy groups -OCH3 is 2. The summed E-state index contributed by atoms with van der Waals surface area (Å²) < 4.78 is 29.5. The summed E-state index contributed by atoms with van der Waals surface area (Å²) in [6, 6.07) is 12.0. The normalized spacial score (nSPS) is 15.3. The van der Waals surface area contributed by atoms with Crippen LogP contribution in [0, 0.1) is 11.2 Å². The van der Waals surface area contributed by atoms with Crippen LogP contribution in [0.5, 0.6) is 5.75 Å². The van der Waals surface area contributed by atoms with Crippen LogP contribution in [0.25, 0.3) is 11.1 Å². The number of halogens is 1. The number of benzene rings is 2. The fourth-order valence-corrected chi connectivity index (χ4v) is 3.85. The average molecular weight is 415 g/mol. The standard InChI is InChI=1S/C23H26FNO5/c1-28-20-8-7-17(24)13-19(20)18-6-4-3-5-16(18)14-23(9-11-30-12-10-23)22(27)25-15-21(26)29-2/h3-8,13H,9-12,14-15H2,1-2H3,(H,25,27). The van der Waals surface area contributed by atoms with E-state index in [0.717, 1.165) is 11.1 Å². The Morgan fingerprint density at radius 3 is 2.53 bits per heavy atom. The van der Waals surface area contributed by atoms with Crippen LogP contribution in [0.4, 0.5) is 4.39 Å². The van der Waals surface area contributed by atoms with Crippen molar-refractivity contribution in [2.75, 3.05) is 34.0 Å². The number of amides is 1. The van der Waals surface area contributed by atoms with Crippen molar-refractivity contribution in [2.45, 2.75) is 19.3 Å². The molecule has 0 atom stereocenters. The Kier molecular flexibility index (Phi) is 7.05. The molecule has 1 aliphatic rings. The summed E-state index contributed by atoms with van der Waals surface area (Å²) in [4.78, 5) is 24.6. The summed E-state index contributed by atoms with van der Waals surface area (Å²) in [6.45, 7) is 0.728. The highest BCUT2D eigenvalue weighted by Gasteiger charge is 2.40. The third kappa shape index (κ3) is 4.79. The van der Waals surface area contributed by atoms with Gasteiger partial charge in [0.15, 0.2) is 0 Å². The van der Waals surface area contributed by atoms with Crippen LogP contribution >= 0.6 is 0 Å². The van der Waals surface area contributed by atoms with E-state index in [-0.39, 0.29) is 18.3 Å². The summed E-state index contributed by atoms with van der Waals surface area (Å²) in [6.07, 6.45) is 1.47. The molecule has 1 aliphatic heterocycles. The van der Waals surface area contributed by atoms with Gasteiger partial charge in [0, 0.05) is 18.8 Å². The first-order valence-corrected chi connectivity index (χ1v) is 9.84. The second-order valence-corrected chi connectivity index (χ2v) is 7.33. The number of rotatable bonds is 7. The van der Waals surface area contributed by atoms with Crippen LogP contribution in [0.1, 0.15) is 18.4 Å². The van der Waals surface area contributed by atoms with Gasteiger partial charge in [-0.05, 0) is 48.6 Å². The molecule has 6 nitrogen and oxygen atoms in total. The molecular weight excluding hydrogens is 389 g/mol. The molecule has 1 amide bonds. The molecule has 0 aliphatic carbocycles. The Labute approximate surface area is 175 Å². The van der Waals surface area contributed by atoms with Crippen LogP contribution in [0.2, 0.25) is 0 Å². The second kappa shape index (κ2) is 9.71. The molecule has 0 spiro atoms. The molecule has 2 aromatic carbocycles. The van der Waals surface area contributed by atoms with Crippen LogP contribution in [0.3, 0.4) is 0 Å². The van der Waals surface area contributed by atoms with E-state index in [1.54, 1.807) is 13.2 Å². The summed E-state index contributed by atoms with van der Waals surface area (Å²) in [5, 5.41) is 2.70. The molecule has 0 saturated carbocycles. The zero-order chi connectivity index (χ0) is 21.6. The zero-order valence-corrected chi connectivity index (χ0v) is 17.2. The molecule has 7 heteroatoms. The van der Waals surface area contributed by atoms with Gasteiger partial charge in [-0.25, -0.2) is 4.39 Å². The quantitative estimate of drug-likeness (QED) is 0.704. The Hall–Kier alpha value is -2.93. The minimum atomic E-state index is -0.733. The average Bonchev–Trinajstić information content (AvgIpc) is 2.78. The highest BCUT2D eigenvalue weighted by molar-refractivity contribution is 5.87. The van der Waals surface area contributed by atoms with Crippen molar-refractivity contribution in [2.24, 2.45) is 5.41 Å². The largest absolute Gasteiger partial charge is 0.496 e. The van der Waals surface area contributed by atoms with Gasteiger partial charge in [-0.1, -0.05) is 24.3 Å². The first-order valence-electron chi connectivity index (χ1n) is 9.84. The van der Waals surface area contributed by atoms with Crippen LogP contribution in [-0.4, -0.2) is 45.9 Å². The lowest BCUT2D eigenvalue weighted by Crippen LogP contribution is -2.47. The number of hydrogen-bond donors (Lipinski definition) is 1. The molecule has 0 bridgehead atoms. The van der Waals surface area contributed by atoms with E-state index >= 15 is 0 Å². The van der Waals surface area contributed by atoms with Gasteiger partial charge in [0.05, 0.1) is 19.6 Å². The molecule has 0 radical (unpaired) electrons. The molecular formula is C23H26FNO5. The number of carbonyl (C=O) groups is 2. The Morgan fingerprint density at radius 1 is 1.10 bits per heavy atom. The van der Waals surface area contributed by atoms with E-state index in [9.17, 15) is 14.0 Å². The molecule has 2 aromatic rings. The first kappa shape index (κ1) is 21.8. The Morgan fingerprint density at radius 2 is 1.83 bits per heavy atom. The van der Waals surface area contributed by atoms with Crippen molar-refractivity contribution in [3.63, 3.8) is 0 Å². The van der Waals surface area contributed by atoms with Crippen molar-refractivity contribution in [1.29, 1.82) is 0 Å². The van der Waals surface area contributed by atoms with E-state index in [1.165, 1.54) is 19.2 Å². The van der Waals surface area contributed by atoms with Gasteiger partial charge in [-0.3, -0.25) is 9.59 Å². The van der Waals surface area contributed by atoms with E-state index in [1.807, 2.05) is 24.3 Å². The highest BCUT2D eigenvalue weighted by atomic mass is 19.1. The number of esters is 1. The monoisotopic (exact) mass is 415 g/mol. The van der Waals surface area contributed by atoms with Gasteiger partial charge in [-0.2, -0.15) is 0 Å². The van der Waals surface area contributed by atoms with Crippen LogP contribution < -0.4 is 10.1 Å². The summed E-state index contributed by atoms with van der Waals surface area (Å²) >= 11 is 0. The van der Waals surface area contributed by atoms with Gasteiger partial charge < -0.3 is 19.5 Å². The molecule has 1 fully saturated rings. The van der Waals surface area contributed by atoms with Crippen molar-refractivity contribution in [1.82, 2.24) is 5.32 Å². The van der Waals surface area contributed by atoms with Gasteiger partial charge in [-0.15, -0.1) is 0 Å². The molecule has 0 aromatic heterocycles. The maximum Gasteiger partial charge on any atom is 0.325 e. The molecule has 1 saturated heterocycles. The zero-order valence-electron chi connectivity index (χ0n) is 17.2.